The van der Waals surface area contributed by atoms with Crippen molar-refractivity contribution in [2.45, 2.75) is 51.4 Å². The summed E-state index contributed by atoms with van der Waals surface area (Å²) in [4.78, 5) is 0. The van der Waals surface area contributed by atoms with Gasteiger partial charge in [0, 0.05) is 0 Å². The summed E-state index contributed by atoms with van der Waals surface area (Å²) < 4.78 is 0. The van der Waals surface area contributed by atoms with Crippen molar-refractivity contribution in [3.8, 4) is 6.07 Å². The van der Waals surface area contributed by atoms with Crippen LogP contribution in [0.4, 0.5) is 0 Å². The fourth-order valence-corrected chi connectivity index (χ4v) is 2.59. The molecule has 1 nitrogen and oxygen atoms in total. The first-order chi connectivity index (χ1) is 8.59. The standard InChI is InChI=1S/C15H19Cl2N/c1-3-5-9-15(11-18,8-4-2)12-6-7-13(16)14(17)10-12/h6-7,10H,3-5,8-9H2,1-2H3. The molecule has 1 aromatic carbocycles. The number of halogens is 2. The second-order valence-corrected chi connectivity index (χ2v) is 5.49. The lowest BCUT2D eigenvalue weighted by Gasteiger charge is -2.27. The second kappa shape index (κ2) is 7.02. The molecule has 0 aliphatic rings. The summed E-state index contributed by atoms with van der Waals surface area (Å²) in [7, 11) is 0. The van der Waals surface area contributed by atoms with Gasteiger partial charge in [-0.25, -0.2) is 0 Å². The van der Waals surface area contributed by atoms with E-state index in [4.69, 9.17) is 23.2 Å². The van der Waals surface area contributed by atoms with E-state index < -0.39 is 5.41 Å². The Morgan fingerprint density at radius 1 is 1.11 bits per heavy atom. The maximum absolute atomic E-state index is 9.62. The highest BCUT2D eigenvalue weighted by atomic mass is 35.5. The van der Waals surface area contributed by atoms with E-state index in [1.807, 2.05) is 12.1 Å². The van der Waals surface area contributed by atoms with Crippen molar-refractivity contribution in [2.75, 3.05) is 0 Å². The molecule has 1 rings (SSSR count). The summed E-state index contributed by atoms with van der Waals surface area (Å²) in [5.74, 6) is 0. The zero-order chi connectivity index (χ0) is 13.6. The number of rotatable bonds is 6. The largest absolute Gasteiger partial charge is 0.197 e. The number of nitriles is 1. The van der Waals surface area contributed by atoms with Crippen LogP contribution in [0.1, 0.15) is 51.5 Å². The molecule has 1 aromatic rings. The molecule has 0 heterocycles. The maximum atomic E-state index is 9.62. The van der Waals surface area contributed by atoms with E-state index in [1.165, 1.54) is 0 Å². The highest BCUT2D eigenvalue weighted by molar-refractivity contribution is 6.42. The summed E-state index contributed by atoms with van der Waals surface area (Å²) in [6.07, 6.45) is 4.87. The van der Waals surface area contributed by atoms with E-state index in [9.17, 15) is 5.26 Å². The highest BCUT2D eigenvalue weighted by Gasteiger charge is 2.31. The summed E-state index contributed by atoms with van der Waals surface area (Å²) in [5.41, 5.74) is 0.577. The molecule has 0 saturated carbocycles. The van der Waals surface area contributed by atoms with Gasteiger partial charge in [-0.15, -0.1) is 0 Å². The van der Waals surface area contributed by atoms with E-state index in [1.54, 1.807) is 6.07 Å². The van der Waals surface area contributed by atoms with Crippen molar-refractivity contribution in [3.05, 3.63) is 33.8 Å². The van der Waals surface area contributed by atoms with Gasteiger partial charge in [0.1, 0.15) is 0 Å². The monoisotopic (exact) mass is 283 g/mol. The average Bonchev–Trinajstić information content (AvgIpc) is 2.38. The molecule has 1 atom stereocenters. The predicted molar refractivity (Wildman–Crippen MR) is 78.2 cm³/mol. The van der Waals surface area contributed by atoms with Gasteiger partial charge < -0.3 is 0 Å². The summed E-state index contributed by atoms with van der Waals surface area (Å²) in [6.45, 7) is 4.25. The van der Waals surface area contributed by atoms with Gasteiger partial charge in [-0.3, -0.25) is 0 Å². The van der Waals surface area contributed by atoms with Crippen molar-refractivity contribution in [1.29, 1.82) is 5.26 Å². The van der Waals surface area contributed by atoms with E-state index in [2.05, 4.69) is 19.9 Å². The van der Waals surface area contributed by atoms with Gasteiger partial charge in [-0.2, -0.15) is 5.26 Å². The van der Waals surface area contributed by atoms with Crippen LogP contribution in [0.2, 0.25) is 10.0 Å². The van der Waals surface area contributed by atoms with E-state index in [-0.39, 0.29) is 0 Å². The van der Waals surface area contributed by atoms with Crippen molar-refractivity contribution in [2.24, 2.45) is 0 Å². The van der Waals surface area contributed by atoms with E-state index in [0.29, 0.717) is 10.0 Å². The number of unbranched alkanes of at least 4 members (excludes halogenated alkanes) is 1. The van der Waals surface area contributed by atoms with Crippen LogP contribution >= 0.6 is 23.2 Å². The Labute approximate surface area is 120 Å². The van der Waals surface area contributed by atoms with Crippen LogP contribution in [0.25, 0.3) is 0 Å². The Morgan fingerprint density at radius 2 is 1.83 bits per heavy atom. The molecule has 18 heavy (non-hydrogen) atoms. The third kappa shape index (κ3) is 3.40. The van der Waals surface area contributed by atoms with Crippen LogP contribution in [-0.2, 0) is 5.41 Å². The smallest absolute Gasteiger partial charge is 0.0822 e. The molecule has 98 valence electrons. The first kappa shape index (κ1) is 15.3. The van der Waals surface area contributed by atoms with E-state index in [0.717, 1.165) is 37.7 Å². The minimum atomic E-state index is -0.418. The predicted octanol–water partition coefficient (Wildman–Crippen LogP) is 5.75. The van der Waals surface area contributed by atoms with Crippen LogP contribution < -0.4 is 0 Å². The fraction of sp³-hybridized carbons (Fsp3) is 0.533. The molecule has 0 aromatic heterocycles. The Balaban J connectivity index is 3.15. The quantitative estimate of drug-likeness (QED) is 0.653. The SMILES string of the molecule is CCCCC(C#N)(CCC)c1ccc(Cl)c(Cl)c1. The zero-order valence-corrected chi connectivity index (χ0v) is 12.5. The lowest BCUT2D eigenvalue weighted by atomic mass is 9.74. The first-order valence-electron chi connectivity index (χ1n) is 6.46. The van der Waals surface area contributed by atoms with Crippen molar-refractivity contribution in [1.82, 2.24) is 0 Å². The molecule has 0 bridgehead atoms. The molecular weight excluding hydrogens is 265 g/mol. The second-order valence-electron chi connectivity index (χ2n) is 4.68. The van der Waals surface area contributed by atoms with Gasteiger partial charge in [0.15, 0.2) is 0 Å². The van der Waals surface area contributed by atoms with Crippen molar-refractivity contribution < 1.29 is 0 Å². The minimum absolute atomic E-state index is 0.418. The molecular formula is C15H19Cl2N. The van der Waals surface area contributed by atoms with Crippen molar-refractivity contribution >= 4 is 23.2 Å². The average molecular weight is 284 g/mol. The first-order valence-corrected chi connectivity index (χ1v) is 7.22. The summed E-state index contributed by atoms with van der Waals surface area (Å²) in [5, 5.41) is 10.7. The lowest BCUT2D eigenvalue weighted by Crippen LogP contribution is -2.24. The Bertz CT molecular complexity index is 437. The van der Waals surface area contributed by atoms with Crippen LogP contribution in [0, 0.1) is 11.3 Å². The summed E-state index contributed by atoms with van der Waals surface area (Å²) in [6, 6.07) is 8.08. The normalized spacial score (nSPS) is 13.9. The van der Waals surface area contributed by atoms with Gasteiger partial charge in [0.05, 0.1) is 21.5 Å². The molecule has 1 unspecified atom stereocenters. The number of hydrogen-bond donors (Lipinski definition) is 0. The molecule has 0 aliphatic carbocycles. The molecule has 3 heteroatoms. The van der Waals surface area contributed by atoms with E-state index >= 15 is 0 Å². The number of benzene rings is 1. The molecule has 0 radical (unpaired) electrons. The third-order valence-electron chi connectivity index (χ3n) is 3.32. The topological polar surface area (TPSA) is 23.8 Å². The maximum Gasteiger partial charge on any atom is 0.0822 e. The Kier molecular flexibility index (Phi) is 5.99. The van der Waals surface area contributed by atoms with Gasteiger partial charge in [0.25, 0.3) is 0 Å². The fourth-order valence-electron chi connectivity index (χ4n) is 2.29. The summed E-state index contributed by atoms with van der Waals surface area (Å²) >= 11 is 12.0. The number of nitrogens with zero attached hydrogens (tertiary/aromatic N) is 1. The zero-order valence-electron chi connectivity index (χ0n) is 11.0. The molecule has 0 amide bonds. The van der Waals surface area contributed by atoms with Crippen LogP contribution in [-0.4, -0.2) is 0 Å². The van der Waals surface area contributed by atoms with Gasteiger partial charge in [-0.05, 0) is 30.5 Å². The van der Waals surface area contributed by atoms with Crippen molar-refractivity contribution in [3.63, 3.8) is 0 Å². The third-order valence-corrected chi connectivity index (χ3v) is 4.06. The molecule has 0 aliphatic heterocycles. The van der Waals surface area contributed by atoms with Crippen LogP contribution in [0.15, 0.2) is 18.2 Å². The minimum Gasteiger partial charge on any atom is -0.197 e. The molecule has 0 spiro atoms. The van der Waals surface area contributed by atoms with Gasteiger partial charge in [-0.1, -0.05) is 62.4 Å². The highest BCUT2D eigenvalue weighted by Crippen LogP contribution is 2.37. The Morgan fingerprint density at radius 3 is 2.33 bits per heavy atom. The molecule has 0 saturated heterocycles. The van der Waals surface area contributed by atoms with Crippen LogP contribution in [0.3, 0.4) is 0 Å². The molecule has 0 N–H and O–H groups in total. The molecule has 0 fully saturated rings. The van der Waals surface area contributed by atoms with Crippen LogP contribution in [0.5, 0.6) is 0 Å². The lowest BCUT2D eigenvalue weighted by molar-refractivity contribution is 0.441. The van der Waals surface area contributed by atoms with Gasteiger partial charge in [0.2, 0.25) is 0 Å². The van der Waals surface area contributed by atoms with Gasteiger partial charge >= 0.3 is 0 Å². The number of hydrogen-bond acceptors (Lipinski definition) is 1. The Hall–Kier alpha value is -0.710.